The van der Waals surface area contributed by atoms with Gasteiger partial charge in [0.25, 0.3) is 5.91 Å². The number of carbonyl (C=O) groups is 2. The summed E-state index contributed by atoms with van der Waals surface area (Å²) >= 11 is 0. The molecule has 0 bridgehead atoms. The number of ether oxygens (including phenoxy) is 4. The Bertz CT molecular complexity index is 1050. The van der Waals surface area contributed by atoms with Crippen molar-refractivity contribution in [3.63, 3.8) is 0 Å². The predicted molar refractivity (Wildman–Crippen MR) is 126 cm³/mol. The topological polar surface area (TPSA) is 166 Å². The van der Waals surface area contributed by atoms with E-state index in [1.807, 2.05) is 0 Å². The van der Waals surface area contributed by atoms with E-state index >= 15 is 0 Å². The number of nitrogens with zero attached hydrogens (tertiary/aromatic N) is 4. The Kier molecular flexibility index (Phi) is 9.32. The summed E-state index contributed by atoms with van der Waals surface area (Å²) in [6.45, 7) is 4.04. The van der Waals surface area contributed by atoms with Crippen LogP contribution in [0.1, 0.15) is 23.7 Å². The molecule has 2 aromatic rings. The van der Waals surface area contributed by atoms with Crippen LogP contribution in [0, 0.1) is 0 Å². The van der Waals surface area contributed by atoms with Crippen LogP contribution >= 0.6 is 0 Å². The summed E-state index contributed by atoms with van der Waals surface area (Å²) in [6, 6.07) is 6.90. The fourth-order valence-corrected chi connectivity index (χ4v) is 3.86. The molecule has 4 rings (SSSR count). The molecule has 2 saturated heterocycles. The van der Waals surface area contributed by atoms with E-state index in [-0.39, 0.29) is 25.0 Å². The van der Waals surface area contributed by atoms with Crippen LogP contribution in [0.5, 0.6) is 0 Å². The molecular formula is C24H32N4O9. The van der Waals surface area contributed by atoms with Crippen LogP contribution in [0.15, 0.2) is 30.5 Å². The van der Waals surface area contributed by atoms with Crippen molar-refractivity contribution in [3.8, 4) is 11.3 Å². The number of amides is 2. The molecule has 202 valence electrons. The lowest BCUT2D eigenvalue weighted by Gasteiger charge is -2.38. The monoisotopic (exact) mass is 520 g/mol. The van der Waals surface area contributed by atoms with E-state index in [0.29, 0.717) is 50.6 Å². The van der Waals surface area contributed by atoms with E-state index in [1.54, 1.807) is 42.1 Å². The molecule has 13 nitrogen and oxygen atoms in total. The zero-order valence-corrected chi connectivity index (χ0v) is 20.5. The Balaban J connectivity index is 1.08. The largest absolute Gasteiger partial charge is 0.388 e. The van der Waals surface area contributed by atoms with Gasteiger partial charge in [-0.1, -0.05) is 17.3 Å². The summed E-state index contributed by atoms with van der Waals surface area (Å²) in [5.41, 5.74) is 1.92. The number of aliphatic hydroxyl groups excluding tert-OH is 3. The van der Waals surface area contributed by atoms with Gasteiger partial charge in [0, 0.05) is 24.1 Å². The number of β-lactam (4-membered cyclic amide) rings is 1. The molecule has 1 aromatic heterocycles. The Morgan fingerprint density at radius 1 is 1.03 bits per heavy atom. The molecule has 3 heterocycles. The van der Waals surface area contributed by atoms with Crippen LogP contribution in [0.2, 0.25) is 0 Å². The van der Waals surface area contributed by atoms with Gasteiger partial charge in [-0.2, -0.15) is 0 Å². The zero-order valence-electron chi connectivity index (χ0n) is 20.5. The number of hydrogen-bond acceptors (Lipinski definition) is 11. The standard InChI is InChI=1S/C24H32N4O9/c1-15-20(30)21(31)22(32)24(37-15)36-13-12-35-11-10-34-9-8-27-14-18(25-26-27)16-2-4-17(5-3-16)23(33)28-7-6-19(28)29/h2-5,14-15,20-22,24,30-32H,6-13H2,1H3/t15-,20+,21+,22-,24?/m1/s1. The quantitative estimate of drug-likeness (QED) is 0.182. The molecule has 0 spiro atoms. The summed E-state index contributed by atoms with van der Waals surface area (Å²) in [6.07, 6.45) is -3.32. The second-order valence-corrected chi connectivity index (χ2v) is 8.82. The van der Waals surface area contributed by atoms with E-state index in [0.717, 1.165) is 5.56 Å². The lowest BCUT2D eigenvalue weighted by atomic mass is 10.0. The van der Waals surface area contributed by atoms with Gasteiger partial charge in [-0.05, 0) is 19.1 Å². The van der Waals surface area contributed by atoms with Crippen molar-refractivity contribution in [2.45, 2.75) is 50.6 Å². The first-order chi connectivity index (χ1) is 17.8. The van der Waals surface area contributed by atoms with Crippen molar-refractivity contribution >= 4 is 11.8 Å². The zero-order chi connectivity index (χ0) is 26.4. The summed E-state index contributed by atoms with van der Waals surface area (Å²) < 4.78 is 23.4. The van der Waals surface area contributed by atoms with E-state index in [4.69, 9.17) is 18.9 Å². The maximum Gasteiger partial charge on any atom is 0.260 e. The van der Waals surface area contributed by atoms with Crippen molar-refractivity contribution in [2.75, 3.05) is 39.6 Å². The molecule has 0 radical (unpaired) electrons. The van der Waals surface area contributed by atoms with Gasteiger partial charge in [-0.3, -0.25) is 14.5 Å². The van der Waals surface area contributed by atoms with E-state index < -0.39 is 30.7 Å². The predicted octanol–water partition coefficient (Wildman–Crippen LogP) is -0.805. The first kappa shape index (κ1) is 27.3. The Morgan fingerprint density at radius 2 is 1.73 bits per heavy atom. The molecule has 2 aliphatic heterocycles. The van der Waals surface area contributed by atoms with Crippen LogP contribution in [-0.4, -0.2) is 117 Å². The van der Waals surface area contributed by atoms with E-state index in [2.05, 4.69) is 10.3 Å². The number of aromatic nitrogens is 3. The van der Waals surface area contributed by atoms with Crippen molar-refractivity contribution in [3.05, 3.63) is 36.0 Å². The molecule has 37 heavy (non-hydrogen) atoms. The number of aliphatic hydroxyl groups is 3. The molecule has 3 N–H and O–H groups in total. The summed E-state index contributed by atoms with van der Waals surface area (Å²) in [5.74, 6) is -0.434. The first-order valence-corrected chi connectivity index (χ1v) is 12.2. The van der Waals surface area contributed by atoms with Crippen LogP contribution in [0.25, 0.3) is 11.3 Å². The van der Waals surface area contributed by atoms with Gasteiger partial charge in [0.1, 0.15) is 24.0 Å². The highest BCUT2D eigenvalue weighted by molar-refractivity contribution is 6.07. The number of rotatable bonds is 12. The summed E-state index contributed by atoms with van der Waals surface area (Å²) in [5, 5.41) is 37.6. The minimum absolute atomic E-state index is 0.143. The number of likely N-dealkylation sites (tertiary alicyclic amines) is 1. The molecule has 2 amide bonds. The molecular weight excluding hydrogens is 488 g/mol. The van der Waals surface area contributed by atoms with Crippen LogP contribution in [0.4, 0.5) is 0 Å². The van der Waals surface area contributed by atoms with Gasteiger partial charge in [0.15, 0.2) is 6.29 Å². The third kappa shape index (κ3) is 6.76. The molecule has 1 aromatic carbocycles. The van der Waals surface area contributed by atoms with Gasteiger partial charge in [0.2, 0.25) is 5.91 Å². The minimum atomic E-state index is -1.34. The van der Waals surface area contributed by atoms with Crippen LogP contribution < -0.4 is 0 Å². The molecule has 1 unspecified atom stereocenters. The second kappa shape index (κ2) is 12.6. The summed E-state index contributed by atoms with van der Waals surface area (Å²) in [4.78, 5) is 24.9. The minimum Gasteiger partial charge on any atom is -0.388 e. The Hall–Kier alpha value is -2.78. The van der Waals surface area contributed by atoms with Gasteiger partial charge < -0.3 is 34.3 Å². The van der Waals surface area contributed by atoms with E-state index in [1.165, 1.54) is 4.90 Å². The molecule has 13 heteroatoms. The first-order valence-electron chi connectivity index (χ1n) is 12.2. The number of benzene rings is 1. The maximum absolute atomic E-state index is 12.3. The molecule has 0 aliphatic carbocycles. The van der Waals surface area contributed by atoms with Gasteiger partial charge in [-0.25, -0.2) is 4.68 Å². The average molecular weight is 521 g/mol. The van der Waals surface area contributed by atoms with Crippen LogP contribution in [-0.2, 0) is 30.3 Å². The lowest BCUT2D eigenvalue weighted by Crippen LogP contribution is -2.57. The highest BCUT2D eigenvalue weighted by atomic mass is 16.7. The Morgan fingerprint density at radius 3 is 2.41 bits per heavy atom. The SMILES string of the molecule is C[C@H]1OC(OCCOCCOCCn2cc(-c3ccc(C(=O)N4CCC4=O)cc3)nn2)[C@H](O)[C@@H](O)[C@H]1O. The smallest absolute Gasteiger partial charge is 0.260 e. The lowest BCUT2D eigenvalue weighted by molar-refractivity contribution is -0.294. The Labute approximate surface area is 213 Å². The van der Waals surface area contributed by atoms with Crippen molar-refractivity contribution < 1.29 is 43.9 Å². The number of carbonyl (C=O) groups excluding carboxylic acids is 2. The van der Waals surface area contributed by atoms with Crippen molar-refractivity contribution in [1.82, 2.24) is 19.9 Å². The van der Waals surface area contributed by atoms with Crippen molar-refractivity contribution in [1.29, 1.82) is 0 Å². The van der Waals surface area contributed by atoms with E-state index in [9.17, 15) is 24.9 Å². The highest BCUT2D eigenvalue weighted by Gasteiger charge is 2.42. The normalized spacial score (nSPS) is 25.8. The third-order valence-corrected chi connectivity index (χ3v) is 6.22. The fraction of sp³-hybridized carbons (Fsp3) is 0.583. The average Bonchev–Trinajstić information content (AvgIpc) is 3.37. The number of imide groups is 1. The maximum atomic E-state index is 12.3. The number of hydrogen-bond donors (Lipinski definition) is 3. The highest BCUT2D eigenvalue weighted by Crippen LogP contribution is 2.22. The fourth-order valence-electron chi connectivity index (χ4n) is 3.86. The summed E-state index contributed by atoms with van der Waals surface area (Å²) in [7, 11) is 0. The second-order valence-electron chi connectivity index (χ2n) is 8.82. The van der Waals surface area contributed by atoms with Crippen molar-refractivity contribution in [2.24, 2.45) is 0 Å². The molecule has 2 aliphatic rings. The van der Waals surface area contributed by atoms with Gasteiger partial charge in [-0.15, -0.1) is 5.10 Å². The molecule has 2 fully saturated rings. The molecule has 5 atom stereocenters. The third-order valence-electron chi connectivity index (χ3n) is 6.22. The van der Waals surface area contributed by atoms with Crippen LogP contribution in [0.3, 0.4) is 0 Å². The molecule has 0 saturated carbocycles. The van der Waals surface area contributed by atoms with Gasteiger partial charge >= 0.3 is 0 Å². The van der Waals surface area contributed by atoms with Gasteiger partial charge in [0.05, 0.1) is 51.9 Å².